The van der Waals surface area contributed by atoms with Crippen molar-refractivity contribution in [3.05, 3.63) is 29.3 Å². The Bertz CT molecular complexity index is 879. The number of hydrogen-bond acceptors (Lipinski definition) is 6. The lowest BCUT2D eigenvalue weighted by Gasteiger charge is -2.33. The molecule has 11 heteroatoms. The van der Waals surface area contributed by atoms with E-state index in [1.54, 1.807) is 31.2 Å². The van der Waals surface area contributed by atoms with Gasteiger partial charge in [-0.3, -0.25) is 4.79 Å². The number of halogens is 3. The summed E-state index contributed by atoms with van der Waals surface area (Å²) in [6.45, 7) is 2.59. The topological polar surface area (TPSA) is 91.8 Å². The maximum absolute atomic E-state index is 13.7. The summed E-state index contributed by atoms with van der Waals surface area (Å²) in [5.41, 5.74) is -3.06. The number of amides is 2. The van der Waals surface area contributed by atoms with Gasteiger partial charge in [-0.25, -0.2) is 9.78 Å². The van der Waals surface area contributed by atoms with Gasteiger partial charge in [0.05, 0.1) is 23.2 Å². The fraction of sp³-hybridized carbons (Fsp3) is 0.526. The minimum atomic E-state index is -5.08. The van der Waals surface area contributed by atoms with E-state index in [4.69, 9.17) is 4.74 Å². The number of nitrogens with zero attached hydrogens (tertiary/aromatic N) is 2. The third-order valence-electron chi connectivity index (χ3n) is 4.92. The highest BCUT2D eigenvalue weighted by Crippen LogP contribution is 2.44. The lowest BCUT2D eigenvalue weighted by molar-refractivity contribution is -0.267. The highest BCUT2D eigenvalue weighted by atomic mass is 32.1. The quantitative estimate of drug-likeness (QED) is 0.738. The molecule has 2 aromatic rings. The molecule has 1 aliphatic heterocycles. The van der Waals surface area contributed by atoms with Crippen molar-refractivity contribution in [2.45, 2.75) is 44.0 Å². The van der Waals surface area contributed by atoms with E-state index in [0.717, 1.165) is 0 Å². The first-order valence-corrected chi connectivity index (χ1v) is 10.3. The van der Waals surface area contributed by atoms with Gasteiger partial charge in [0.2, 0.25) is 11.5 Å². The number of likely N-dealkylation sites (tertiary alicyclic amines) is 1. The summed E-state index contributed by atoms with van der Waals surface area (Å²) in [6.07, 6.45) is -5.95. The lowest BCUT2D eigenvalue weighted by Crippen LogP contribution is -2.50. The molecule has 1 aromatic carbocycles. The first-order chi connectivity index (χ1) is 14.1. The molecule has 0 bridgehead atoms. The molecular weight excluding hydrogens is 423 g/mol. The van der Waals surface area contributed by atoms with Gasteiger partial charge < -0.3 is 20.1 Å². The molecule has 0 unspecified atom stereocenters. The van der Waals surface area contributed by atoms with E-state index in [9.17, 15) is 27.9 Å². The first kappa shape index (κ1) is 22.3. The SMILES string of the molecule is CCOC(=O)N1CCC(NC(=O)C[C@](O)(c2nc3ccccc3s2)C(F)(F)F)CC1. The van der Waals surface area contributed by atoms with Gasteiger partial charge in [0, 0.05) is 19.1 Å². The van der Waals surface area contributed by atoms with E-state index in [2.05, 4.69) is 10.3 Å². The van der Waals surface area contributed by atoms with Crippen LogP contribution >= 0.6 is 11.3 Å². The van der Waals surface area contributed by atoms with Crippen LogP contribution in [-0.4, -0.2) is 58.9 Å². The third-order valence-corrected chi connectivity index (χ3v) is 6.11. The van der Waals surface area contributed by atoms with Crippen LogP contribution in [0.2, 0.25) is 0 Å². The Morgan fingerprint density at radius 1 is 1.30 bits per heavy atom. The molecule has 30 heavy (non-hydrogen) atoms. The number of thiazole rings is 1. The summed E-state index contributed by atoms with van der Waals surface area (Å²) in [6, 6.07) is 6.05. The van der Waals surface area contributed by atoms with Crippen molar-refractivity contribution in [3.8, 4) is 0 Å². The zero-order chi connectivity index (χ0) is 21.9. The minimum Gasteiger partial charge on any atom is -0.450 e. The molecule has 1 aromatic heterocycles. The number of fused-ring (bicyclic) bond motifs is 1. The largest absolute Gasteiger partial charge is 0.450 e. The van der Waals surface area contributed by atoms with Crippen LogP contribution in [0.4, 0.5) is 18.0 Å². The van der Waals surface area contributed by atoms with Crippen molar-refractivity contribution < 1.29 is 32.6 Å². The standard InChI is InChI=1S/C19H22F3N3O4S/c1-2-29-17(27)25-9-7-12(8-10-25)23-15(26)11-18(28,19(20,21)22)16-24-13-5-3-4-6-14(13)30-16/h3-6,12,28H,2,7-11H2,1H3,(H,23,26)/t18-/m0/s1. The second-order valence-electron chi connectivity index (χ2n) is 7.05. The van der Waals surface area contributed by atoms with Gasteiger partial charge in [-0.15, -0.1) is 11.3 Å². The molecular formula is C19H22F3N3O4S. The number of benzene rings is 1. The monoisotopic (exact) mass is 445 g/mol. The molecule has 1 aliphatic rings. The molecule has 2 amide bonds. The van der Waals surface area contributed by atoms with Crippen LogP contribution in [0.1, 0.15) is 31.2 Å². The molecule has 0 spiro atoms. The van der Waals surface area contributed by atoms with Crippen molar-refractivity contribution in [1.29, 1.82) is 0 Å². The molecule has 1 atom stereocenters. The summed E-state index contributed by atoms with van der Waals surface area (Å²) in [7, 11) is 0. The maximum Gasteiger partial charge on any atom is 0.424 e. The van der Waals surface area contributed by atoms with Crippen LogP contribution in [0.3, 0.4) is 0 Å². The minimum absolute atomic E-state index is 0.247. The van der Waals surface area contributed by atoms with Crippen molar-refractivity contribution in [2.75, 3.05) is 19.7 Å². The van der Waals surface area contributed by atoms with Crippen molar-refractivity contribution >= 4 is 33.6 Å². The Hall–Kier alpha value is -2.40. The molecule has 2 N–H and O–H groups in total. The van der Waals surface area contributed by atoms with Crippen LogP contribution in [-0.2, 0) is 15.1 Å². The summed E-state index contributed by atoms with van der Waals surface area (Å²) >= 11 is 0.708. The Morgan fingerprint density at radius 2 is 1.97 bits per heavy atom. The number of ether oxygens (including phenoxy) is 1. The normalized spacial score (nSPS) is 17.6. The average Bonchev–Trinajstić information content (AvgIpc) is 3.12. The molecule has 3 rings (SSSR count). The second kappa shape index (κ2) is 8.76. The van der Waals surface area contributed by atoms with Gasteiger partial charge in [-0.05, 0) is 31.9 Å². The van der Waals surface area contributed by atoms with Crippen LogP contribution in [0.15, 0.2) is 24.3 Å². The highest BCUT2D eigenvalue weighted by Gasteiger charge is 2.58. The van der Waals surface area contributed by atoms with Gasteiger partial charge in [0.15, 0.2) is 0 Å². The number of hydrogen-bond donors (Lipinski definition) is 2. The van der Waals surface area contributed by atoms with Gasteiger partial charge in [0.1, 0.15) is 5.01 Å². The maximum atomic E-state index is 13.7. The second-order valence-corrected chi connectivity index (χ2v) is 8.08. The molecule has 0 aliphatic carbocycles. The van der Waals surface area contributed by atoms with Gasteiger partial charge >= 0.3 is 12.3 Å². The molecule has 1 saturated heterocycles. The number of aromatic nitrogens is 1. The molecule has 0 saturated carbocycles. The number of para-hydroxylation sites is 1. The van der Waals surface area contributed by atoms with Crippen molar-refractivity contribution in [2.24, 2.45) is 0 Å². The summed E-state index contributed by atoms with van der Waals surface area (Å²) in [4.78, 5) is 29.5. The lowest BCUT2D eigenvalue weighted by atomic mass is 9.98. The number of piperidine rings is 1. The Labute approximate surface area is 174 Å². The number of carbonyl (C=O) groups is 2. The molecule has 164 valence electrons. The van der Waals surface area contributed by atoms with Crippen molar-refractivity contribution in [1.82, 2.24) is 15.2 Å². The number of carbonyl (C=O) groups excluding carboxylic acids is 2. The highest BCUT2D eigenvalue weighted by molar-refractivity contribution is 7.18. The van der Waals surface area contributed by atoms with Crippen LogP contribution in [0.5, 0.6) is 0 Å². The Kier molecular flexibility index (Phi) is 6.51. The molecule has 1 fully saturated rings. The predicted molar refractivity (Wildman–Crippen MR) is 104 cm³/mol. The Morgan fingerprint density at radius 3 is 2.57 bits per heavy atom. The van der Waals surface area contributed by atoms with Crippen LogP contribution < -0.4 is 5.32 Å². The molecule has 7 nitrogen and oxygen atoms in total. The summed E-state index contributed by atoms with van der Waals surface area (Å²) in [5.74, 6) is -0.927. The fourth-order valence-corrected chi connectivity index (χ4v) is 4.35. The van der Waals surface area contributed by atoms with E-state index in [1.165, 1.54) is 4.90 Å². The van der Waals surface area contributed by atoms with Gasteiger partial charge in [0.25, 0.3) is 0 Å². The smallest absolute Gasteiger partial charge is 0.424 e. The predicted octanol–water partition coefficient (Wildman–Crippen LogP) is 3.17. The third kappa shape index (κ3) is 4.67. The number of aliphatic hydroxyl groups is 1. The number of rotatable bonds is 5. The molecule has 0 radical (unpaired) electrons. The van der Waals surface area contributed by atoms with E-state index in [0.29, 0.717) is 47.5 Å². The van der Waals surface area contributed by atoms with Gasteiger partial charge in [-0.2, -0.15) is 13.2 Å². The zero-order valence-corrected chi connectivity index (χ0v) is 17.1. The van der Waals surface area contributed by atoms with Gasteiger partial charge in [-0.1, -0.05) is 12.1 Å². The average molecular weight is 445 g/mol. The van der Waals surface area contributed by atoms with E-state index >= 15 is 0 Å². The van der Waals surface area contributed by atoms with Crippen molar-refractivity contribution in [3.63, 3.8) is 0 Å². The Balaban J connectivity index is 1.67. The summed E-state index contributed by atoms with van der Waals surface area (Å²) < 4.78 is 46.6. The van der Waals surface area contributed by atoms with E-state index in [-0.39, 0.29) is 6.61 Å². The van der Waals surface area contributed by atoms with E-state index in [1.807, 2.05) is 0 Å². The zero-order valence-electron chi connectivity index (χ0n) is 16.2. The number of alkyl halides is 3. The van der Waals surface area contributed by atoms with Crippen LogP contribution in [0.25, 0.3) is 10.2 Å². The van der Waals surface area contributed by atoms with Crippen LogP contribution in [0, 0.1) is 0 Å². The number of nitrogens with one attached hydrogen (secondary N) is 1. The fourth-order valence-electron chi connectivity index (χ4n) is 3.28. The first-order valence-electron chi connectivity index (χ1n) is 9.50. The molecule has 2 heterocycles. The van der Waals surface area contributed by atoms with E-state index < -0.39 is 41.2 Å². The summed E-state index contributed by atoms with van der Waals surface area (Å²) in [5, 5.41) is 12.5.